The van der Waals surface area contributed by atoms with Gasteiger partial charge in [-0.05, 0) is 24.1 Å². The minimum Gasteiger partial charge on any atom is -0.358 e. The van der Waals surface area contributed by atoms with Crippen LogP contribution in [0, 0.1) is 5.82 Å². The summed E-state index contributed by atoms with van der Waals surface area (Å²) < 4.78 is 14.0. The molecule has 15 heavy (non-hydrogen) atoms. The van der Waals surface area contributed by atoms with E-state index in [1.807, 2.05) is 0 Å². The van der Waals surface area contributed by atoms with Gasteiger partial charge in [0.2, 0.25) is 5.91 Å². The quantitative estimate of drug-likeness (QED) is 0.871. The van der Waals surface area contributed by atoms with Gasteiger partial charge in [0, 0.05) is 11.5 Å². The number of nitrogens with one attached hydrogen (secondary N) is 1. The first-order valence-corrected chi connectivity index (χ1v) is 5.25. The van der Waals surface area contributed by atoms with Crippen LogP contribution in [-0.4, -0.2) is 19.0 Å². The van der Waals surface area contributed by atoms with Gasteiger partial charge in [0.15, 0.2) is 0 Å². The van der Waals surface area contributed by atoms with Crippen molar-refractivity contribution in [1.29, 1.82) is 0 Å². The molecule has 1 atom stereocenters. The molecule has 0 aliphatic heterocycles. The van der Waals surface area contributed by atoms with Crippen LogP contribution in [0.15, 0.2) is 22.7 Å². The fourth-order valence-corrected chi connectivity index (χ4v) is 1.54. The molecule has 1 aromatic carbocycles. The van der Waals surface area contributed by atoms with E-state index in [1.165, 1.54) is 13.1 Å². The Morgan fingerprint density at radius 1 is 1.67 bits per heavy atom. The molecule has 3 nitrogen and oxygen atoms in total. The Labute approximate surface area is 96.0 Å². The lowest BCUT2D eigenvalue weighted by Crippen LogP contribution is -2.40. The second-order valence-electron chi connectivity index (χ2n) is 3.16. The molecule has 1 amide bonds. The van der Waals surface area contributed by atoms with Gasteiger partial charge in [0.05, 0.1) is 6.04 Å². The van der Waals surface area contributed by atoms with E-state index in [9.17, 15) is 9.18 Å². The average Bonchev–Trinajstić information content (AvgIpc) is 2.20. The van der Waals surface area contributed by atoms with Crippen molar-refractivity contribution in [1.82, 2.24) is 5.32 Å². The van der Waals surface area contributed by atoms with Gasteiger partial charge in [-0.3, -0.25) is 4.79 Å². The number of nitrogens with two attached hydrogens (primary N) is 1. The zero-order chi connectivity index (χ0) is 11.4. The average molecular weight is 275 g/mol. The third kappa shape index (κ3) is 3.28. The normalized spacial score (nSPS) is 12.3. The third-order valence-corrected chi connectivity index (χ3v) is 2.53. The van der Waals surface area contributed by atoms with Crippen molar-refractivity contribution < 1.29 is 9.18 Å². The van der Waals surface area contributed by atoms with Crippen molar-refractivity contribution >= 4 is 21.8 Å². The molecule has 0 fully saturated rings. The van der Waals surface area contributed by atoms with Gasteiger partial charge >= 0.3 is 0 Å². The van der Waals surface area contributed by atoms with Gasteiger partial charge in [0.1, 0.15) is 5.82 Å². The smallest absolute Gasteiger partial charge is 0.237 e. The predicted molar refractivity (Wildman–Crippen MR) is 59.8 cm³/mol. The summed E-state index contributed by atoms with van der Waals surface area (Å²) >= 11 is 3.15. The number of likely N-dealkylation sites (N-methyl/N-ethyl adjacent to an activating group) is 1. The van der Waals surface area contributed by atoms with Crippen molar-refractivity contribution in [2.75, 3.05) is 7.05 Å². The largest absolute Gasteiger partial charge is 0.358 e. The van der Waals surface area contributed by atoms with Crippen LogP contribution < -0.4 is 11.1 Å². The maximum absolute atomic E-state index is 13.4. The van der Waals surface area contributed by atoms with Gasteiger partial charge in [-0.2, -0.15) is 0 Å². The molecule has 0 unspecified atom stereocenters. The first-order chi connectivity index (χ1) is 7.04. The molecule has 0 spiro atoms. The highest BCUT2D eigenvalue weighted by Crippen LogP contribution is 2.16. The molecule has 0 saturated carbocycles. The van der Waals surface area contributed by atoms with Crippen LogP contribution in [0.5, 0.6) is 0 Å². The Hall–Kier alpha value is -0.940. The van der Waals surface area contributed by atoms with Crippen LogP contribution >= 0.6 is 15.9 Å². The van der Waals surface area contributed by atoms with E-state index in [0.717, 1.165) is 0 Å². The van der Waals surface area contributed by atoms with E-state index in [1.54, 1.807) is 12.1 Å². The summed E-state index contributed by atoms with van der Waals surface area (Å²) in [6.07, 6.45) is 0.193. The van der Waals surface area contributed by atoms with Gasteiger partial charge < -0.3 is 11.1 Å². The first kappa shape index (κ1) is 12.1. The van der Waals surface area contributed by atoms with Crippen LogP contribution in [0.1, 0.15) is 5.56 Å². The van der Waals surface area contributed by atoms with Crippen LogP contribution in [0.4, 0.5) is 4.39 Å². The Kier molecular flexibility index (Phi) is 4.23. The number of carbonyl (C=O) groups is 1. The van der Waals surface area contributed by atoms with Crippen molar-refractivity contribution in [3.8, 4) is 0 Å². The zero-order valence-electron chi connectivity index (χ0n) is 8.26. The molecule has 82 valence electrons. The fourth-order valence-electron chi connectivity index (χ4n) is 1.20. The maximum atomic E-state index is 13.4. The fraction of sp³-hybridized carbons (Fsp3) is 0.300. The highest BCUT2D eigenvalue weighted by Gasteiger charge is 2.14. The summed E-state index contributed by atoms with van der Waals surface area (Å²) in [5, 5.41) is 2.42. The molecule has 0 aromatic heterocycles. The Bertz CT molecular complexity index is 370. The third-order valence-electron chi connectivity index (χ3n) is 2.04. The molecule has 5 heteroatoms. The monoisotopic (exact) mass is 274 g/mol. The minimum atomic E-state index is -0.717. The Morgan fingerprint density at radius 3 is 2.87 bits per heavy atom. The molecular weight excluding hydrogens is 263 g/mol. The van der Waals surface area contributed by atoms with Crippen molar-refractivity contribution in [2.24, 2.45) is 5.73 Å². The molecule has 3 N–H and O–H groups in total. The van der Waals surface area contributed by atoms with E-state index < -0.39 is 6.04 Å². The lowest BCUT2D eigenvalue weighted by molar-refractivity contribution is -0.121. The Morgan fingerprint density at radius 2 is 2.33 bits per heavy atom. The van der Waals surface area contributed by atoms with E-state index in [-0.39, 0.29) is 18.1 Å². The van der Waals surface area contributed by atoms with Gasteiger partial charge in [0.25, 0.3) is 0 Å². The zero-order valence-corrected chi connectivity index (χ0v) is 9.84. The highest BCUT2D eigenvalue weighted by molar-refractivity contribution is 9.10. The topological polar surface area (TPSA) is 55.1 Å². The summed E-state index contributed by atoms with van der Waals surface area (Å²) in [6, 6.07) is 3.97. The predicted octanol–water partition coefficient (Wildman–Crippen LogP) is 1.20. The van der Waals surface area contributed by atoms with Gasteiger partial charge in [-0.25, -0.2) is 4.39 Å². The second-order valence-corrected chi connectivity index (χ2v) is 4.08. The number of hydrogen-bond acceptors (Lipinski definition) is 2. The molecule has 1 aromatic rings. The molecule has 0 aliphatic rings. The summed E-state index contributed by atoms with van der Waals surface area (Å²) in [6.45, 7) is 0. The Balaban J connectivity index is 2.76. The van der Waals surface area contributed by atoms with E-state index in [4.69, 9.17) is 5.73 Å². The number of halogens is 2. The molecule has 0 radical (unpaired) electrons. The molecule has 0 aliphatic carbocycles. The SMILES string of the molecule is CNC(=O)[C@@H](N)Cc1ccc(Br)cc1F. The van der Waals surface area contributed by atoms with Gasteiger partial charge in [-0.1, -0.05) is 22.0 Å². The maximum Gasteiger partial charge on any atom is 0.237 e. The molecule has 0 bridgehead atoms. The number of amides is 1. The van der Waals surface area contributed by atoms with Crippen molar-refractivity contribution in [2.45, 2.75) is 12.5 Å². The highest BCUT2D eigenvalue weighted by atomic mass is 79.9. The molecule has 1 rings (SSSR count). The first-order valence-electron chi connectivity index (χ1n) is 4.45. The summed E-state index contributed by atoms with van der Waals surface area (Å²) in [5.74, 6) is -0.652. The van der Waals surface area contributed by atoms with E-state index in [0.29, 0.717) is 10.0 Å². The molecule has 0 saturated heterocycles. The van der Waals surface area contributed by atoms with Crippen LogP contribution in [-0.2, 0) is 11.2 Å². The summed E-state index contributed by atoms with van der Waals surface area (Å²) in [7, 11) is 1.50. The summed E-state index contributed by atoms with van der Waals surface area (Å²) in [4.78, 5) is 11.1. The standard InChI is InChI=1S/C10H12BrFN2O/c1-14-10(15)9(13)4-6-2-3-7(11)5-8(6)12/h2-3,5,9H,4,13H2,1H3,(H,14,15)/t9-/m0/s1. The van der Waals surface area contributed by atoms with Crippen LogP contribution in [0.3, 0.4) is 0 Å². The number of carbonyl (C=O) groups excluding carboxylic acids is 1. The number of benzene rings is 1. The lowest BCUT2D eigenvalue weighted by Gasteiger charge is -2.10. The van der Waals surface area contributed by atoms with Crippen molar-refractivity contribution in [3.05, 3.63) is 34.1 Å². The van der Waals surface area contributed by atoms with Crippen LogP contribution in [0.2, 0.25) is 0 Å². The molecule has 0 heterocycles. The van der Waals surface area contributed by atoms with E-state index >= 15 is 0 Å². The number of hydrogen-bond donors (Lipinski definition) is 2. The lowest BCUT2D eigenvalue weighted by atomic mass is 10.1. The summed E-state index contributed by atoms with van der Waals surface area (Å²) in [5.41, 5.74) is 6.02. The number of rotatable bonds is 3. The van der Waals surface area contributed by atoms with Crippen molar-refractivity contribution in [3.63, 3.8) is 0 Å². The van der Waals surface area contributed by atoms with Gasteiger partial charge in [-0.15, -0.1) is 0 Å². The second kappa shape index (κ2) is 5.23. The minimum absolute atomic E-state index is 0.193. The van der Waals surface area contributed by atoms with Crippen LogP contribution in [0.25, 0.3) is 0 Å². The molecular formula is C10H12BrFN2O. The van der Waals surface area contributed by atoms with E-state index in [2.05, 4.69) is 21.2 Å².